The van der Waals surface area contributed by atoms with Crippen LogP contribution in [0, 0.1) is 6.92 Å². The number of oxazole rings is 1. The Labute approximate surface area is 167 Å². The molecule has 1 aromatic carbocycles. The number of nitrogens with zero attached hydrogens (tertiary/aromatic N) is 3. The number of halogens is 3. The van der Waals surface area contributed by atoms with E-state index in [1.165, 1.54) is 11.2 Å². The third-order valence-electron chi connectivity index (χ3n) is 5.34. The van der Waals surface area contributed by atoms with E-state index in [4.69, 9.17) is 8.83 Å². The van der Waals surface area contributed by atoms with E-state index in [1.54, 1.807) is 6.07 Å². The quantitative estimate of drug-likeness (QED) is 0.528. The first-order chi connectivity index (χ1) is 14.4. The maximum atomic E-state index is 13.3. The summed E-state index contributed by atoms with van der Waals surface area (Å²) in [5.41, 5.74) is 1.40. The van der Waals surface area contributed by atoms with Crippen LogP contribution in [0.3, 0.4) is 0 Å². The lowest BCUT2D eigenvalue weighted by atomic mass is 9.97. The van der Waals surface area contributed by atoms with Gasteiger partial charge in [0.1, 0.15) is 17.4 Å². The number of furan rings is 1. The van der Waals surface area contributed by atoms with Crippen LogP contribution in [0.4, 0.5) is 13.2 Å². The summed E-state index contributed by atoms with van der Waals surface area (Å²) in [5.74, 6) is -1.32. The molecule has 0 bridgehead atoms. The number of nitrogens with one attached hydrogen (secondary N) is 1. The lowest BCUT2D eigenvalue weighted by Crippen LogP contribution is -2.41. The molecule has 4 heterocycles. The van der Waals surface area contributed by atoms with E-state index in [9.17, 15) is 18.0 Å². The number of carbonyl (C=O) groups excluding carboxylic acids is 1. The van der Waals surface area contributed by atoms with Gasteiger partial charge in [-0.05, 0) is 13.0 Å². The number of para-hydroxylation sites is 1. The van der Waals surface area contributed by atoms with Gasteiger partial charge in [-0.15, -0.1) is 0 Å². The molecule has 1 aliphatic rings. The van der Waals surface area contributed by atoms with Crippen molar-refractivity contribution in [2.75, 3.05) is 6.54 Å². The molecule has 1 atom stereocenters. The predicted molar refractivity (Wildman–Crippen MR) is 97.6 cm³/mol. The number of imidazole rings is 1. The third-order valence-corrected chi connectivity index (χ3v) is 5.34. The second-order valence-corrected chi connectivity index (χ2v) is 7.03. The fourth-order valence-electron chi connectivity index (χ4n) is 3.95. The summed E-state index contributed by atoms with van der Waals surface area (Å²) in [5, 5.41) is 0.859. The largest absolute Gasteiger partial charge is 0.458 e. The summed E-state index contributed by atoms with van der Waals surface area (Å²) in [6, 6.07) is 6.57. The van der Waals surface area contributed by atoms with Gasteiger partial charge in [-0.2, -0.15) is 13.2 Å². The Morgan fingerprint density at radius 2 is 2.07 bits per heavy atom. The van der Waals surface area contributed by atoms with Crippen molar-refractivity contribution in [2.45, 2.75) is 25.6 Å². The summed E-state index contributed by atoms with van der Waals surface area (Å²) in [4.78, 5) is 25.0. The van der Waals surface area contributed by atoms with E-state index in [0.29, 0.717) is 29.9 Å². The lowest BCUT2D eigenvalue weighted by Gasteiger charge is -2.33. The number of carbonyl (C=O) groups is 1. The maximum absolute atomic E-state index is 13.3. The smallest absolute Gasteiger partial charge is 0.437 e. The number of amides is 1. The number of aromatic nitrogens is 3. The molecule has 10 heteroatoms. The Hall–Kier alpha value is -3.56. The molecule has 5 rings (SSSR count). The predicted octanol–water partition coefficient (Wildman–Crippen LogP) is 4.26. The van der Waals surface area contributed by atoms with Crippen LogP contribution in [0.2, 0.25) is 0 Å². The van der Waals surface area contributed by atoms with Crippen molar-refractivity contribution < 1.29 is 26.8 Å². The highest BCUT2D eigenvalue weighted by atomic mass is 19.4. The number of hydrogen-bond acceptors (Lipinski definition) is 5. The van der Waals surface area contributed by atoms with Gasteiger partial charge in [0.2, 0.25) is 5.76 Å². The van der Waals surface area contributed by atoms with Crippen molar-refractivity contribution in [3.05, 3.63) is 71.2 Å². The van der Waals surface area contributed by atoms with Crippen molar-refractivity contribution in [2.24, 2.45) is 0 Å². The van der Waals surface area contributed by atoms with E-state index in [2.05, 4.69) is 15.0 Å². The van der Waals surface area contributed by atoms with Crippen molar-refractivity contribution in [3.63, 3.8) is 0 Å². The molecule has 1 N–H and O–H groups in total. The Bertz CT molecular complexity index is 1250. The summed E-state index contributed by atoms with van der Waals surface area (Å²) in [6.45, 7) is 2.01. The Morgan fingerprint density at radius 1 is 1.27 bits per heavy atom. The van der Waals surface area contributed by atoms with Gasteiger partial charge in [-0.1, -0.05) is 18.2 Å². The zero-order chi connectivity index (χ0) is 21.0. The molecule has 1 amide bonds. The second kappa shape index (κ2) is 6.48. The number of H-pyrrole nitrogens is 1. The third kappa shape index (κ3) is 2.71. The van der Waals surface area contributed by atoms with Gasteiger partial charge in [0.05, 0.1) is 12.0 Å². The average Bonchev–Trinajstić information content (AvgIpc) is 3.45. The van der Waals surface area contributed by atoms with Crippen LogP contribution < -0.4 is 0 Å². The Kier molecular flexibility index (Phi) is 3.99. The van der Waals surface area contributed by atoms with Gasteiger partial charge in [0.25, 0.3) is 5.91 Å². The summed E-state index contributed by atoms with van der Waals surface area (Å²) in [7, 11) is 0. The lowest BCUT2D eigenvalue weighted by molar-refractivity contribution is -0.141. The van der Waals surface area contributed by atoms with Gasteiger partial charge in [-0.3, -0.25) is 4.79 Å². The molecule has 1 aliphatic heterocycles. The van der Waals surface area contributed by atoms with Crippen LogP contribution in [-0.2, 0) is 12.6 Å². The number of benzene rings is 1. The van der Waals surface area contributed by atoms with Gasteiger partial charge < -0.3 is 18.7 Å². The van der Waals surface area contributed by atoms with E-state index in [-0.39, 0.29) is 6.54 Å². The molecular formula is C20H15F3N4O3. The van der Waals surface area contributed by atoms with Crippen molar-refractivity contribution >= 4 is 16.9 Å². The minimum Gasteiger partial charge on any atom is -0.458 e. The number of fused-ring (bicyclic) bond motifs is 2. The van der Waals surface area contributed by atoms with Gasteiger partial charge in [-0.25, -0.2) is 9.97 Å². The number of hydrogen-bond donors (Lipinski definition) is 1. The number of aromatic amines is 1. The summed E-state index contributed by atoms with van der Waals surface area (Å²) >= 11 is 0. The number of alkyl halides is 3. The van der Waals surface area contributed by atoms with Crippen LogP contribution in [0.5, 0.6) is 0 Å². The standard InChI is InChI=1S/C20H15F3N4O3/c1-10-11-4-2-3-5-13(11)30-16(10)15-14-12(24-8-25-14)6-7-27(15)19(28)17-18(20(21,22)23)26-9-29-17/h2-5,8-9,15H,6-7H2,1H3,(H,24,25)/t15-/m1/s1. The zero-order valence-electron chi connectivity index (χ0n) is 15.7. The molecular weight excluding hydrogens is 401 g/mol. The molecule has 30 heavy (non-hydrogen) atoms. The molecule has 0 saturated heterocycles. The van der Waals surface area contributed by atoms with Crippen LogP contribution in [0.25, 0.3) is 11.0 Å². The minimum absolute atomic E-state index is 0.160. The highest BCUT2D eigenvalue weighted by Gasteiger charge is 2.44. The molecule has 0 radical (unpaired) electrons. The first-order valence-electron chi connectivity index (χ1n) is 9.18. The molecule has 4 aromatic rings. The monoisotopic (exact) mass is 416 g/mol. The van der Waals surface area contributed by atoms with Crippen LogP contribution in [-0.4, -0.2) is 32.3 Å². The molecule has 7 nitrogen and oxygen atoms in total. The molecule has 0 saturated carbocycles. The van der Waals surface area contributed by atoms with Crippen LogP contribution >= 0.6 is 0 Å². The maximum Gasteiger partial charge on any atom is 0.437 e. The summed E-state index contributed by atoms with van der Waals surface area (Å²) in [6.07, 6.45) is -2.27. The zero-order valence-corrected chi connectivity index (χ0v) is 15.7. The SMILES string of the molecule is Cc1c([C@H]2c3nc[nH]c3CCN2C(=O)c2ocnc2C(F)(F)F)oc2ccccc12. The first kappa shape index (κ1) is 18.5. The van der Waals surface area contributed by atoms with E-state index in [0.717, 1.165) is 16.6 Å². The van der Waals surface area contributed by atoms with Gasteiger partial charge >= 0.3 is 6.18 Å². The molecule has 0 aliphatic carbocycles. The van der Waals surface area contributed by atoms with Crippen LogP contribution in [0.1, 0.15) is 45.0 Å². The van der Waals surface area contributed by atoms with Crippen LogP contribution in [0.15, 0.2) is 45.8 Å². The number of aryl methyl sites for hydroxylation is 1. The molecule has 3 aromatic heterocycles. The Balaban J connectivity index is 1.66. The van der Waals surface area contributed by atoms with Crippen molar-refractivity contribution in [1.29, 1.82) is 0 Å². The first-order valence-corrected chi connectivity index (χ1v) is 9.18. The minimum atomic E-state index is -4.81. The highest BCUT2D eigenvalue weighted by molar-refractivity contribution is 5.93. The van der Waals surface area contributed by atoms with E-state index in [1.807, 2.05) is 25.1 Å². The summed E-state index contributed by atoms with van der Waals surface area (Å²) < 4.78 is 50.8. The van der Waals surface area contributed by atoms with E-state index >= 15 is 0 Å². The average molecular weight is 416 g/mol. The molecule has 0 spiro atoms. The molecule has 0 unspecified atom stereocenters. The molecule has 154 valence electrons. The van der Waals surface area contributed by atoms with Crippen molar-refractivity contribution in [1.82, 2.24) is 19.9 Å². The normalized spacial score (nSPS) is 16.8. The van der Waals surface area contributed by atoms with Gasteiger partial charge in [0, 0.05) is 29.6 Å². The second-order valence-electron chi connectivity index (χ2n) is 7.03. The Morgan fingerprint density at radius 3 is 2.83 bits per heavy atom. The highest BCUT2D eigenvalue weighted by Crippen LogP contribution is 2.40. The van der Waals surface area contributed by atoms with Crippen molar-refractivity contribution in [3.8, 4) is 0 Å². The fraction of sp³-hybridized carbons (Fsp3) is 0.250. The van der Waals surface area contributed by atoms with Gasteiger partial charge in [0.15, 0.2) is 12.1 Å². The topological polar surface area (TPSA) is 88.2 Å². The fourth-order valence-corrected chi connectivity index (χ4v) is 3.95. The van der Waals surface area contributed by atoms with E-state index < -0.39 is 29.6 Å². The number of rotatable bonds is 2. The molecule has 0 fully saturated rings.